The van der Waals surface area contributed by atoms with Crippen LogP contribution in [0.5, 0.6) is 0 Å². The van der Waals surface area contributed by atoms with E-state index in [0.717, 1.165) is 16.3 Å². The van der Waals surface area contributed by atoms with Crippen LogP contribution in [0, 0.1) is 0 Å². The van der Waals surface area contributed by atoms with Crippen molar-refractivity contribution in [2.24, 2.45) is 5.73 Å². The van der Waals surface area contributed by atoms with Gasteiger partial charge in [0.25, 0.3) is 5.91 Å². The van der Waals surface area contributed by atoms with Gasteiger partial charge in [-0.2, -0.15) is 0 Å². The Morgan fingerprint density at radius 2 is 2.00 bits per heavy atom. The molecule has 0 saturated carbocycles. The molecule has 0 spiro atoms. The summed E-state index contributed by atoms with van der Waals surface area (Å²) in [5.74, 6) is 0.155. The number of amides is 1. The second-order valence-electron chi connectivity index (χ2n) is 5.06. The van der Waals surface area contributed by atoms with E-state index in [1.54, 1.807) is 5.38 Å². The van der Waals surface area contributed by atoms with Crippen LogP contribution in [0.3, 0.4) is 0 Å². The van der Waals surface area contributed by atoms with Crippen molar-refractivity contribution >= 4 is 22.9 Å². The van der Waals surface area contributed by atoms with Crippen molar-refractivity contribution in [3.8, 4) is 0 Å². The van der Waals surface area contributed by atoms with Crippen LogP contribution in [-0.2, 0) is 0 Å². The first kappa shape index (κ1) is 14.7. The molecule has 0 aliphatic carbocycles. The molecular formula is C15H19N3OS. The fraction of sp³-hybridized carbons (Fsp3) is 0.333. The van der Waals surface area contributed by atoms with Crippen molar-refractivity contribution in [2.75, 3.05) is 5.32 Å². The summed E-state index contributed by atoms with van der Waals surface area (Å²) in [6, 6.07) is 7.67. The summed E-state index contributed by atoms with van der Waals surface area (Å²) in [5.41, 5.74) is 8.13. The number of carbonyl (C=O) groups is 1. The van der Waals surface area contributed by atoms with Gasteiger partial charge >= 0.3 is 0 Å². The van der Waals surface area contributed by atoms with Gasteiger partial charge in [0.2, 0.25) is 0 Å². The number of aromatic nitrogens is 1. The lowest BCUT2D eigenvalue weighted by Crippen LogP contribution is -2.14. The van der Waals surface area contributed by atoms with Gasteiger partial charge in [0.1, 0.15) is 10.7 Å². The number of nitrogens with zero attached hydrogens (tertiary/aromatic N) is 1. The van der Waals surface area contributed by atoms with Crippen LogP contribution in [0.1, 0.15) is 53.8 Å². The highest BCUT2D eigenvalue weighted by atomic mass is 32.1. The zero-order valence-corrected chi connectivity index (χ0v) is 12.7. The molecule has 0 bridgehead atoms. The maximum absolute atomic E-state index is 12.2. The predicted octanol–water partition coefficient (Wildman–Crippen LogP) is 3.54. The third kappa shape index (κ3) is 3.23. The number of rotatable bonds is 4. The normalized spacial score (nSPS) is 12.4. The molecular weight excluding hydrogens is 270 g/mol. The first-order chi connectivity index (χ1) is 9.49. The second-order valence-corrected chi connectivity index (χ2v) is 5.95. The second kappa shape index (κ2) is 6.15. The van der Waals surface area contributed by atoms with E-state index < -0.39 is 0 Å². The molecule has 3 N–H and O–H groups in total. The average Bonchev–Trinajstić information content (AvgIpc) is 2.89. The summed E-state index contributed by atoms with van der Waals surface area (Å²) >= 11 is 1.41. The highest BCUT2D eigenvalue weighted by Gasteiger charge is 2.14. The molecule has 0 radical (unpaired) electrons. The minimum Gasteiger partial charge on any atom is -0.322 e. The summed E-state index contributed by atoms with van der Waals surface area (Å²) in [5, 5.41) is 5.44. The molecule has 106 valence electrons. The number of carbonyl (C=O) groups excluding carboxylic acids is 1. The number of hydrogen-bond acceptors (Lipinski definition) is 4. The van der Waals surface area contributed by atoms with Crippen LogP contribution in [0.15, 0.2) is 29.6 Å². The fourth-order valence-electron chi connectivity index (χ4n) is 1.90. The highest BCUT2D eigenvalue weighted by Crippen LogP contribution is 2.24. The molecule has 0 aliphatic heterocycles. The van der Waals surface area contributed by atoms with E-state index >= 15 is 0 Å². The van der Waals surface area contributed by atoms with Crippen LogP contribution < -0.4 is 11.1 Å². The van der Waals surface area contributed by atoms with Gasteiger partial charge in [-0.05, 0) is 24.5 Å². The topological polar surface area (TPSA) is 68.0 Å². The van der Waals surface area contributed by atoms with Crippen LogP contribution in [0.2, 0.25) is 0 Å². The molecule has 2 rings (SSSR count). The van der Waals surface area contributed by atoms with Crippen LogP contribution in [-0.4, -0.2) is 10.9 Å². The van der Waals surface area contributed by atoms with Gasteiger partial charge in [-0.15, -0.1) is 11.3 Å². The van der Waals surface area contributed by atoms with Gasteiger partial charge in [0.15, 0.2) is 0 Å². The van der Waals surface area contributed by atoms with Gasteiger partial charge in [-0.1, -0.05) is 32.0 Å². The van der Waals surface area contributed by atoms with E-state index in [1.165, 1.54) is 11.3 Å². The first-order valence-corrected chi connectivity index (χ1v) is 7.48. The van der Waals surface area contributed by atoms with Gasteiger partial charge in [0, 0.05) is 11.1 Å². The largest absolute Gasteiger partial charge is 0.322 e. The number of benzene rings is 1. The van der Waals surface area contributed by atoms with Crippen molar-refractivity contribution in [1.82, 2.24) is 4.98 Å². The Kier molecular flexibility index (Phi) is 4.52. The minimum absolute atomic E-state index is 0.149. The van der Waals surface area contributed by atoms with Gasteiger partial charge in [-0.3, -0.25) is 4.79 Å². The zero-order chi connectivity index (χ0) is 14.7. The fourth-order valence-corrected chi connectivity index (χ4v) is 2.66. The number of anilines is 1. The highest BCUT2D eigenvalue weighted by molar-refractivity contribution is 7.09. The Bertz CT molecular complexity index is 605. The van der Waals surface area contributed by atoms with Gasteiger partial charge in [-0.25, -0.2) is 4.98 Å². The molecule has 1 aromatic heterocycles. The third-order valence-electron chi connectivity index (χ3n) is 2.98. The number of hydrogen-bond donors (Lipinski definition) is 2. The molecule has 1 unspecified atom stereocenters. The van der Waals surface area contributed by atoms with Crippen molar-refractivity contribution in [3.05, 3.63) is 45.9 Å². The molecule has 4 nitrogen and oxygen atoms in total. The van der Waals surface area contributed by atoms with E-state index in [1.807, 2.05) is 31.2 Å². The van der Waals surface area contributed by atoms with Crippen LogP contribution in [0.4, 0.5) is 5.69 Å². The summed E-state index contributed by atoms with van der Waals surface area (Å²) in [6.07, 6.45) is 0. The van der Waals surface area contributed by atoms with Crippen molar-refractivity contribution < 1.29 is 4.79 Å². The van der Waals surface area contributed by atoms with Crippen molar-refractivity contribution in [2.45, 2.75) is 32.7 Å². The molecule has 0 saturated heterocycles. The summed E-state index contributed by atoms with van der Waals surface area (Å²) in [4.78, 5) is 16.5. The number of nitrogens with one attached hydrogen (secondary N) is 1. The Labute approximate surface area is 123 Å². The van der Waals surface area contributed by atoms with Crippen molar-refractivity contribution in [3.63, 3.8) is 0 Å². The lowest BCUT2D eigenvalue weighted by molar-refractivity contribution is 0.102. The Hall–Kier alpha value is -1.72. The standard InChI is InChI=1S/C15H19N3OS/c1-9(2)11-6-4-5-7-12(11)17-14(19)13-8-20-15(18-13)10(3)16/h4-10H,16H2,1-3H3,(H,17,19). The van der Waals surface area contributed by atoms with Crippen LogP contribution in [0.25, 0.3) is 0 Å². The van der Waals surface area contributed by atoms with Gasteiger partial charge < -0.3 is 11.1 Å². The molecule has 1 amide bonds. The average molecular weight is 289 g/mol. The molecule has 1 aromatic carbocycles. The summed E-state index contributed by atoms with van der Waals surface area (Å²) in [6.45, 7) is 6.05. The number of para-hydroxylation sites is 1. The third-order valence-corrected chi connectivity index (χ3v) is 4.02. The minimum atomic E-state index is -0.193. The lowest BCUT2D eigenvalue weighted by atomic mass is 10.0. The Balaban J connectivity index is 2.19. The van der Waals surface area contributed by atoms with Gasteiger partial charge in [0.05, 0.1) is 6.04 Å². The SMILES string of the molecule is CC(C)c1ccccc1NC(=O)c1csc(C(C)N)n1. The smallest absolute Gasteiger partial charge is 0.275 e. The molecule has 2 aromatic rings. The maximum Gasteiger partial charge on any atom is 0.275 e. The molecule has 20 heavy (non-hydrogen) atoms. The molecule has 0 fully saturated rings. The Morgan fingerprint density at radius 3 is 2.60 bits per heavy atom. The summed E-state index contributed by atoms with van der Waals surface area (Å²) in [7, 11) is 0. The van der Waals surface area contributed by atoms with E-state index in [4.69, 9.17) is 5.73 Å². The van der Waals surface area contributed by atoms with Crippen molar-refractivity contribution in [1.29, 1.82) is 0 Å². The zero-order valence-electron chi connectivity index (χ0n) is 11.9. The number of nitrogens with two attached hydrogens (primary N) is 1. The molecule has 5 heteroatoms. The predicted molar refractivity (Wildman–Crippen MR) is 83.2 cm³/mol. The first-order valence-electron chi connectivity index (χ1n) is 6.60. The molecule has 1 heterocycles. The quantitative estimate of drug-likeness (QED) is 0.904. The molecule has 1 atom stereocenters. The van der Waals surface area contributed by atoms with E-state index in [-0.39, 0.29) is 11.9 Å². The van der Waals surface area contributed by atoms with E-state index in [0.29, 0.717) is 11.6 Å². The number of thiazole rings is 1. The van der Waals surface area contributed by atoms with Crippen LogP contribution >= 0.6 is 11.3 Å². The van der Waals surface area contributed by atoms with E-state index in [9.17, 15) is 4.79 Å². The summed E-state index contributed by atoms with van der Waals surface area (Å²) < 4.78 is 0. The van der Waals surface area contributed by atoms with E-state index in [2.05, 4.69) is 24.1 Å². The monoisotopic (exact) mass is 289 g/mol. The maximum atomic E-state index is 12.2. The molecule has 0 aliphatic rings. The Morgan fingerprint density at radius 1 is 1.30 bits per heavy atom. The lowest BCUT2D eigenvalue weighted by Gasteiger charge is -2.12.